The van der Waals surface area contributed by atoms with E-state index in [1.165, 1.54) is 17.0 Å². The number of morpholine rings is 1. The standard InChI is InChI=1S/C18H20N4O2/c1-12-8-17(23)21-18(20-12)16-11-22(6-7-24-16)10-13-2-3-15-14(9-13)4-5-19-15/h2-5,8-9,16,19H,6-7,10-11H2,1H3,(H,20,21,23). The summed E-state index contributed by atoms with van der Waals surface area (Å²) in [4.78, 5) is 24.4. The van der Waals surface area contributed by atoms with Gasteiger partial charge in [0, 0.05) is 43.1 Å². The van der Waals surface area contributed by atoms with Crippen LogP contribution in [0.4, 0.5) is 0 Å². The van der Waals surface area contributed by atoms with Crippen LogP contribution in [0.1, 0.15) is 23.2 Å². The lowest BCUT2D eigenvalue weighted by molar-refractivity contribution is -0.0373. The van der Waals surface area contributed by atoms with Crippen molar-refractivity contribution in [2.45, 2.75) is 19.6 Å². The highest BCUT2D eigenvalue weighted by Crippen LogP contribution is 2.21. The molecule has 1 atom stereocenters. The molecule has 1 aromatic carbocycles. The number of nitrogens with one attached hydrogen (secondary N) is 2. The van der Waals surface area contributed by atoms with E-state index in [1.807, 2.05) is 13.1 Å². The molecule has 1 saturated heterocycles. The molecule has 2 aromatic heterocycles. The Morgan fingerprint density at radius 3 is 3.12 bits per heavy atom. The van der Waals surface area contributed by atoms with Crippen LogP contribution < -0.4 is 5.56 Å². The normalized spacial score (nSPS) is 19.0. The van der Waals surface area contributed by atoms with Gasteiger partial charge in [0.1, 0.15) is 11.9 Å². The Bertz CT molecular complexity index is 915. The van der Waals surface area contributed by atoms with Gasteiger partial charge < -0.3 is 14.7 Å². The van der Waals surface area contributed by atoms with Crippen molar-refractivity contribution in [2.24, 2.45) is 0 Å². The van der Waals surface area contributed by atoms with Crippen LogP contribution in [0.2, 0.25) is 0 Å². The van der Waals surface area contributed by atoms with E-state index >= 15 is 0 Å². The zero-order valence-corrected chi connectivity index (χ0v) is 13.6. The lowest BCUT2D eigenvalue weighted by Crippen LogP contribution is -2.39. The van der Waals surface area contributed by atoms with Crippen molar-refractivity contribution in [2.75, 3.05) is 19.7 Å². The number of hydrogen-bond donors (Lipinski definition) is 2. The molecule has 24 heavy (non-hydrogen) atoms. The minimum atomic E-state index is -0.192. The van der Waals surface area contributed by atoms with Crippen LogP contribution in [0.5, 0.6) is 0 Å². The summed E-state index contributed by atoms with van der Waals surface area (Å²) in [6, 6.07) is 10.1. The molecule has 1 aliphatic rings. The first-order chi connectivity index (χ1) is 11.7. The van der Waals surface area contributed by atoms with Crippen molar-refractivity contribution in [1.82, 2.24) is 19.9 Å². The fraction of sp³-hybridized carbons (Fsp3) is 0.333. The number of fused-ring (bicyclic) bond motifs is 1. The molecule has 124 valence electrons. The topological polar surface area (TPSA) is 74.0 Å². The number of aryl methyl sites for hydroxylation is 1. The van der Waals surface area contributed by atoms with E-state index in [0.29, 0.717) is 18.1 Å². The number of aromatic amines is 2. The Morgan fingerprint density at radius 1 is 1.33 bits per heavy atom. The van der Waals surface area contributed by atoms with Crippen LogP contribution in [0, 0.1) is 6.92 Å². The number of benzene rings is 1. The lowest BCUT2D eigenvalue weighted by Gasteiger charge is -2.32. The smallest absolute Gasteiger partial charge is 0.251 e. The molecule has 1 aliphatic heterocycles. The van der Waals surface area contributed by atoms with E-state index in [9.17, 15) is 4.79 Å². The monoisotopic (exact) mass is 324 g/mol. The summed E-state index contributed by atoms with van der Waals surface area (Å²) in [6.45, 7) is 4.91. The van der Waals surface area contributed by atoms with E-state index in [4.69, 9.17) is 4.74 Å². The second-order valence-electron chi connectivity index (χ2n) is 6.27. The highest BCUT2D eigenvalue weighted by molar-refractivity contribution is 5.79. The second-order valence-corrected chi connectivity index (χ2v) is 6.27. The minimum absolute atomic E-state index is 0.129. The molecule has 1 unspecified atom stereocenters. The predicted molar refractivity (Wildman–Crippen MR) is 91.9 cm³/mol. The summed E-state index contributed by atoms with van der Waals surface area (Å²) in [5.74, 6) is 0.616. The SMILES string of the molecule is Cc1cc(=O)[nH]c(C2CN(Cc3ccc4[nH]ccc4c3)CCO2)n1. The Hall–Kier alpha value is -2.44. The van der Waals surface area contributed by atoms with Crippen LogP contribution in [0.3, 0.4) is 0 Å². The first-order valence-corrected chi connectivity index (χ1v) is 8.15. The van der Waals surface area contributed by atoms with Gasteiger partial charge in [0.2, 0.25) is 0 Å². The largest absolute Gasteiger partial charge is 0.368 e. The van der Waals surface area contributed by atoms with E-state index < -0.39 is 0 Å². The van der Waals surface area contributed by atoms with Crippen molar-refractivity contribution < 1.29 is 4.74 Å². The molecule has 4 rings (SSSR count). The summed E-state index contributed by atoms with van der Waals surface area (Å²) >= 11 is 0. The molecule has 2 N–H and O–H groups in total. The van der Waals surface area contributed by atoms with Gasteiger partial charge in [0.25, 0.3) is 5.56 Å². The summed E-state index contributed by atoms with van der Waals surface area (Å²) in [6.07, 6.45) is 1.77. The molecule has 0 amide bonds. The molecule has 3 heterocycles. The third-order valence-corrected chi connectivity index (χ3v) is 4.37. The summed E-state index contributed by atoms with van der Waals surface area (Å²) in [5, 5.41) is 1.22. The van der Waals surface area contributed by atoms with Gasteiger partial charge in [-0.15, -0.1) is 0 Å². The van der Waals surface area contributed by atoms with Gasteiger partial charge in [-0.25, -0.2) is 4.98 Å². The molecule has 3 aromatic rings. The van der Waals surface area contributed by atoms with Gasteiger partial charge in [-0.2, -0.15) is 0 Å². The second kappa shape index (κ2) is 6.22. The van der Waals surface area contributed by atoms with E-state index in [0.717, 1.165) is 25.2 Å². The molecule has 0 aliphatic carbocycles. The highest BCUT2D eigenvalue weighted by Gasteiger charge is 2.24. The number of ether oxygens (including phenoxy) is 1. The van der Waals surface area contributed by atoms with Gasteiger partial charge in [-0.1, -0.05) is 6.07 Å². The van der Waals surface area contributed by atoms with Crippen molar-refractivity contribution in [3.63, 3.8) is 0 Å². The van der Waals surface area contributed by atoms with Crippen LogP contribution >= 0.6 is 0 Å². The average molecular weight is 324 g/mol. The fourth-order valence-electron chi connectivity index (χ4n) is 3.23. The minimum Gasteiger partial charge on any atom is -0.368 e. The van der Waals surface area contributed by atoms with Gasteiger partial charge in [0.15, 0.2) is 0 Å². The molecule has 6 heteroatoms. The molecule has 6 nitrogen and oxygen atoms in total. The van der Waals surface area contributed by atoms with Crippen molar-refractivity contribution in [3.05, 3.63) is 64.0 Å². The van der Waals surface area contributed by atoms with Crippen molar-refractivity contribution in [1.29, 1.82) is 0 Å². The van der Waals surface area contributed by atoms with Gasteiger partial charge in [-0.05, 0) is 36.1 Å². The van der Waals surface area contributed by atoms with E-state index in [1.54, 1.807) is 0 Å². The van der Waals surface area contributed by atoms with Crippen LogP contribution in [-0.2, 0) is 11.3 Å². The lowest BCUT2D eigenvalue weighted by atomic mass is 10.1. The summed E-state index contributed by atoms with van der Waals surface area (Å²) in [5.41, 5.74) is 3.01. The van der Waals surface area contributed by atoms with Gasteiger partial charge >= 0.3 is 0 Å². The van der Waals surface area contributed by atoms with E-state index in [-0.39, 0.29) is 11.7 Å². The maximum atomic E-state index is 11.7. The van der Waals surface area contributed by atoms with Gasteiger partial charge in [-0.3, -0.25) is 9.69 Å². The molecule has 0 bridgehead atoms. The Balaban J connectivity index is 1.50. The quantitative estimate of drug-likeness (QED) is 0.774. The molecular weight excluding hydrogens is 304 g/mol. The third-order valence-electron chi connectivity index (χ3n) is 4.37. The first-order valence-electron chi connectivity index (χ1n) is 8.15. The number of aromatic nitrogens is 3. The van der Waals surface area contributed by atoms with Crippen molar-refractivity contribution >= 4 is 10.9 Å². The summed E-state index contributed by atoms with van der Waals surface area (Å²) < 4.78 is 5.82. The van der Waals surface area contributed by atoms with Crippen LogP contribution in [0.15, 0.2) is 41.3 Å². The Labute approximate surface area is 139 Å². The Morgan fingerprint density at radius 2 is 2.25 bits per heavy atom. The Kier molecular flexibility index (Phi) is 3.92. The maximum absolute atomic E-state index is 11.7. The van der Waals surface area contributed by atoms with Crippen LogP contribution in [-0.4, -0.2) is 39.5 Å². The molecule has 0 spiro atoms. The number of rotatable bonds is 3. The van der Waals surface area contributed by atoms with Crippen LogP contribution in [0.25, 0.3) is 10.9 Å². The number of nitrogens with zero attached hydrogens (tertiary/aromatic N) is 2. The molecule has 1 fully saturated rings. The zero-order chi connectivity index (χ0) is 16.5. The number of hydrogen-bond acceptors (Lipinski definition) is 4. The average Bonchev–Trinajstić information content (AvgIpc) is 3.02. The zero-order valence-electron chi connectivity index (χ0n) is 13.6. The highest BCUT2D eigenvalue weighted by atomic mass is 16.5. The van der Waals surface area contributed by atoms with Crippen molar-refractivity contribution in [3.8, 4) is 0 Å². The first kappa shape index (κ1) is 15.1. The molecular formula is C18H20N4O2. The van der Waals surface area contributed by atoms with E-state index in [2.05, 4.69) is 44.1 Å². The number of H-pyrrole nitrogens is 2. The molecule has 0 radical (unpaired) electrons. The molecule has 0 saturated carbocycles. The van der Waals surface area contributed by atoms with Gasteiger partial charge in [0.05, 0.1) is 6.61 Å². The maximum Gasteiger partial charge on any atom is 0.251 e. The fourth-order valence-corrected chi connectivity index (χ4v) is 3.23. The summed E-state index contributed by atoms with van der Waals surface area (Å²) in [7, 11) is 0. The third kappa shape index (κ3) is 3.11. The predicted octanol–water partition coefficient (Wildman–Crippen LogP) is 2.13.